The lowest BCUT2D eigenvalue weighted by Gasteiger charge is -2.17. The number of benzene rings is 2. The van der Waals surface area contributed by atoms with Crippen LogP contribution in [0, 0.1) is 5.92 Å². The number of carbonyl (C=O) groups is 2. The van der Waals surface area contributed by atoms with Gasteiger partial charge in [0.1, 0.15) is 0 Å². The minimum atomic E-state index is -0.332. The van der Waals surface area contributed by atoms with Crippen molar-refractivity contribution >= 4 is 33.4 Å². The highest BCUT2D eigenvalue weighted by molar-refractivity contribution is 9.10. The van der Waals surface area contributed by atoms with Gasteiger partial charge in [-0.15, -0.1) is 0 Å². The van der Waals surface area contributed by atoms with Crippen molar-refractivity contribution in [3.63, 3.8) is 0 Å². The molecule has 1 N–H and O–H groups in total. The first kappa shape index (κ1) is 20.2. The van der Waals surface area contributed by atoms with Crippen LogP contribution >= 0.6 is 15.9 Å². The van der Waals surface area contributed by atoms with Gasteiger partial charge in [-0.3, -0.25) is 9.59 Å². The molecule has 0 aromatic heterocycles. The zero-order chi connectivity index (χ0) is 20.1. The lowest BCUT2D eigenvalue weighted by atomic mass is 10.1. The summed E-state index contributed by atoms with van der Waals surface area (Å²) in [5.41, 5.74) is 1.85. The molecule has 0 unspecified atom stereocenters. The number of ether oxygens (including phenoxy) is 2. The van der Waals surface area contributed by atoms with Crippen molar-refractivity contribution in [3.05, 3.63) is 52.5 Å². The predicted molar refractivity (Wildman–Crippen MR) is 111 cm³/mol. The molecule has 2 aromatic rings. The Balaban J connectivity index is 1.53. The molecule has 1 fully saturated rings. The third-order valence-electron chi connectivity index (χ3n) is 4.79. The lowest BCUT2D eigenvalue weighted by Crippen LogP contribution is -2.34. The number of methoxy groups -OCH3 is 2. The van der Waals surface area contributed by atoms with Crippen LogP contribution in [-0.2, 0) is 16.0 Å². The van der Waals surface area contributed by atoms with E-state index >= 15 is 0 Å². The van der Waals surface area contributed by atoms with E-state index < -0.39 is 0 Å². The van der Waals surface area contributed by atoms with E-state index in [2.05, 4.69) is 21.2 Å². The highest BCUT2D eigenvalue weighted by atomic mass is 79.9. The summed E-state index contributed by atoms with van der Waals surface area (Å²) >= 11 is 3.39. The Kier molecular flexibility index (Phi) is 6.57. The van der Waals surface area contributed by atoms with E-state index in [4.69, 9.17) is 9.47 Å². The molecule has 1 aliphatic rings. The highest BCUT2D eigenvalue weighted by Gasteiger charge is 2.34. The molecule has 2 amide bonds. The second kappa shape index (κ2) is 9.10. The van der Waals surface area contributed by atoms with Gasteiger partial charge in [-0.2, -0.15) is 0 Å². The number of hydrogen-bond acceptors (Lipinski definition) is 4. The van der Waals surface area contributed by atoms with Crippen LogP contribution in [0.5, 0.6) is 11.5 Å². The van der Waals surface area contributed by atoms with E-state index in [0.29, 0.717) is 31.0 Å². The number of amides is 2. The Bertz CT molecular complexity index is 854. The molecule has 2 aromatic carbocycles. The molecule has 1 heterocycles. The standard InChI is InChI=1S/C21H23BrN2O4/c1-27-18-8-3-14(11-19(18)28-2)9-10-23-21(26)15-12-20(25)24(13-15)17-6-4-16(22)5-7-17/h3-8,11,15H,9-10,12-13H2,1-2H3,(H,23,26)/t15-/m0/s1. The van der Waals surface area contributed by atoms with Gasteiger partial charge in [0.05, 0.1) is 20.1 Å². The fourth-order valence-corrected chi connectivity index (χ4v) is 3.53. The Morgan fingerprint density at radius 1 is 1.14 bits per heavy atom. The van der Waals surface area contributed by atoms with Crippen LogP contribution in [0.25, 0.3) is 0 Å². The van der Waals surface area contributed by atoms with Crippen LogP contribution < -0.4 is 19.7 Å². The minimum Gasteiger partial charge on any atom is -0.493 e. The second-order valence-electron chi connectivity index (χ2n) is 6.61. The van der Waals surface area contributed by atoms with Crippen molar-refractivity contribution in [1.29, 1.82) is 0 Å². The molecule has 3 rings (SSSR count). The predicted octanol–water partition coefficient (Wildman–Crippen LogP) is 3.18. The quantitative estimate of drug-likeness (QED) is 0.708. The third-order valence-corrected chi connectivity index (χ3v) is 5.32. The Hall–Kier alpha value is -2.54. The van der Waals surface area contributed by atoms with Crippen LogP contribution in [0.2, 0.25) is 0 Å². The molecule has 7 heteroatoms. The summed E-state index contributed by atoms with van der Waals surface area (Å²) in [5, 5.41) is 2.94. The van der Waals surface area contributed by atoms with Crippen LogP contribution in [0.4, 0.5) is 5.69 Å². The molecule has 28 heavy (non-hydrogen) atoms. The fourth-order valence-electron chi connectivity index (χ4n) is 3.26. The van der Waals surface area contributed by atoms with E-state index in [-0.39, 0.29) is 24.2 Å². The third kappa shape index (κ3) is 4.65. The van der Waals surface area contributed by atoms with Gasteiger partial charge in [0.25, 0.3) is 0 Å². The maximum absolute atomic E-state index is 12.5. The van der Waals surface area contributed by atoms with Gasteiger partial charge in [0.2, 0.25) is 11.8 Å². The molecule has 148 valence electrons. The Labute approximate surface area is 172 Å². The number of carbonyl (C=O) groups excluding carboxylic acids is 2. The van der Waals surface area contributed by atoms with Crippen LogP contribution in [0.3, 0.4) is 0 Å². The molecule has 0 radical (unpaired) electrons. The van der Waals surface area contributed by atoms with Crippen molar-refractivity contribution in [2.24, 2.45) is 5.92 Å². The number of nitrogens with one attached hydrogen (secondary N) is 1. The normalized spacial score (nSPS) is 16.2. The van der Waals surface area contributed by atoms with E-state index in [1.54, 1.807) is 19.1 Å². The number of rotatable bonds is 7. The summed E-state index contributed by atoms with van der Waals surface area (Å²) in [5.74, 6) is 0.892. The maximum atomic E-state index is 12.5. The molecular weight excluding hydrogens is 424 g/mol. The first-order chi connectivity index (χ1) is 13.5. The molecule has 0 aliphatic carbocycles. The summed E-state index contributed by atoms with van der Waals surface area (Å²) in [6.45, 7) is 0.903. The lowest BCUT2D eigenvalue weighted by molar-refractivity contribution is -0.126. The first-order valence-corrected chi connectivity index (χ1v) is 9.85. The topological polar surface area (TPSA) is 67.9 Å². The smallest absolute Gasteiger partial charge is 0.227 e. The van der Waals surface area contributed by atoms with Crippen LogP contribution in [-0.4, -0.2) is 39.1 Å². The van der Waals surface area contributed by atoms with Crippen molar-refractivity contribution < 1.29 is 19.1 Å². The largest absolute Gasteiger partial charge is 0.493 e. The van der Waals surface area contributed by atoms with E-state index in [1.807, 2.05) is 42.5 Å². The van der Waals surface area contributed by atoms with E-state index in [1.165, 1.54) is 0 Å². The van der Waals surface area contributed by atoms with Gasteiger partial charge in [0.15, 0.2) is 11.5 Å². The molecule has 1 saturated heterocycles. The summed E-state index contributed by atoms with van der Waals surface area (Å²) in [4.78, 5) is 26.5. The van der Waals surface area contributed by atoms with Crippen molar-refractivity contribution in [3.8, 4) is 11.5 Å². The highest BCUT2D eigenvalue weighted by Crippen LogP contribution is 2.28. The molecule has 0 bridgehead atoms. The monoisotopic (exact) mass is 446 g/mol. The van der Waals surface area contributed by atoms with Gasteiger partial charge < -0.3 is 19.7 Å². The average molecular weight is 447 g/mol. The van der Waals surface area contributed by atoms with Gasteiger partial charge in [-0.05, 0) is 48.4 Å². The maximum Gasteiger partial charge on any atom is 0.227 e. The molecule has 0 saturated carbocycles. The summed E-state index contributed by atoms with van der Waals surface area (Å²) in [7, 11) is 3.19. The first-order valence-electron chi connectivity index (χ1n) is 9.06. The van der Waals surface area contributed by atoms with Gasteiger partial charge in [0, 0.05) is 29.7 Å². The molecule has 0 spiro atoms. The van der Waals surface area contributed by atoms with Gasteiger partial charge in [-0.1, -0.05) is 22.0 Å². The Morgan fingerprint density at radius 3 is 2.54 bits per heavy atom. The molecule has 1 aliphatic heterocycles. The zero-order valence-corrected chi connectivity index (χ0v) is 17.5. The SMILES string of the molecule is COc1ccc(CCNC(=O)[C@H]2CC(=O)N(c3ccc(Br)cc3)C2)cc1OC. The van der Waals surface area contributed by atoms with Crippen molar-refractivity contribution in [2.75, 3.05) is 32.2 Å². The van der Waals surface area contributed by atoms with Crippen LogP contribution in [0.15, 0.2) is 46.9 Å². The molecular formula is C21H23BrN2O4. The van der Waals surface area contributed by atoms with Crippen molar-refractivity contribution in [1.82, 2.24) is 5.32 Å². The summed E-state index contributed by atoms with van der Waals surface area (Å²) in [6, 6.07) is 13.2. The van der Waals surface area contributed by atoms with Crippen molar-refractivity contribution in [2.45, 2.75) is 12.8 Å². The number of nitrogens with zero attached hydrogens (tertiary/aromatic N) is 1. The molecule has 1 atom stereocenters. The minimum absolute atomic E-state index is 0.0256. The second-order valence-corrected chi connectivity index (χ2v) is 7.53. The van der Waals surface area contributed by atoms with E-state index in [9.17, 15) is 9.59 Å². The van der Waals surface area contributed by atoms with E-state index in [0.717, 1.165) is 15.7 Å². The van der Waals surface area contributed by atoms with Gasteiger partial charge >= 0.3 is 0 Å². The molecule has 6 nitrogen and oxygen atoms in total. The zero-order valence-electron chi connectivity index (χ0n) is 15.9. The fraction of sp³-hybridized carbons (Fsp3) is 0.333. The summed E-state index contributed by atoms with van der Waals surface area (Å²) < 4.78 is 11.5. The average Bonchev–Trinajstić information content (AvgIpc) is 3.10. The summed E-state index contributed by atoms with van der Waals surface area (Å²) in [6.07, 6.45) is 0.904. The number of hydrogen-bond donors (Lipinski definition) is 1. The number of anilines is 1. The number of halogens is 1. The van der Waals surface area contributed by atoms with Gasteiger partial charge in [-0.25, -0.2) is 0 Å². The van der Waals surface area contributed by atoms with Crippen LogP contribution in [0.1, 0.15) is 12.0 Å². The Morgan fingerprint density at radius 2 is 1.86 bits per heavy atom.